The molecule has 35 heavy (non-hydrogen) atoms. The lowest BCUT2D eigenvalue weighted by molar-refractivity contribution is 0.165. The van der Waals surface area contributed by atoms with Crippen molar-refractivity contribution in [2.45, 2.75) is 36.6 Å². The summed E-state index contributed by atoms with van der Waals surface area (Å²) in [6, 6.07) is 14.8. The lowest BCUT2D eigenvalue weighted by atomic mass is 10.1. The van der Waals surface area contributed by atoms with Gasteiger partial charge in [0.1, 0.15) is 11.5 Å². The predicted molar refractivity (Wildman–Crippen MR) is 141 cm³/mol. The van der Waals surface area contributed by atoms with E-state index in [9.17, 15) is 8.42 Å². The van der Waals surface area contributed by atoms with Gasteiger partial charge in [-0.25, -0.2) is 8.42 Å². The summed E-state index contributed by atoms with van der Waals surface area (Å²) in [5.74, 6) is 1.68. The third-order valence-corrected chi connectivity index (χ3v) is 8.53. The van der Waals surface area contributed by atoms with E-state index in [1.165, 1.54) is 0 Å². The molecule has 0 atom stereocenters. The van der Waals surface area contributed by atoms with Crippen LogP contribution in [0.5, 0.6) is 11.5 Å². The van der Waals surface area contributed by atoms with Crippen molar-refractivity contribution in [2.24, 2.45) is 0 Å². The van der Waals surface area contributed by atoms with Crippen LogP contribution in [0.3, 0.4) is 0 Å². The van der Waals surface area contributed by atoms with Gasteiger partial charge in [-0.15, -0.1) is 12.4 Å². The molecule has 0 saturated carbocycles. The second-order valence-corrected chi connectivity index (χ2v) is 10.6. The maximum absolute atomic E-state index is 13.4. The summed E-state index contributed by atoms with van der Waals surface area (Å²) in [5, 5.41) is 1.56. The van der Waals surface area contributed by atoms with Gasteiger partial charge in [0.25, 0.3) is 0 Å². The molecule has 1 aliphatic rings. The summed E-state index contributed by atoms with van der Waals surface area (Å²) < 4.78 is 39.3. The molecule has 4 rings (SSSR count). The Kier molecular flexibility index (Phi) is 9.74. The molecule has 0 aliphatic carbocycles. The molecule has 7 nitrogen and oxygen atoms in total. The van der Waals surface area contributed by atoms with Gasteiger partial charge in [-0.2, -0.15) is 4.31 Å². The van der Waals surface area contributed by atoms with E-state index in [2.05, 4.69) is 9.88 Å². The number of benzene rings is 2. The van der Waals surface area contributed by atoms with Crippen LogP contribution in [0.15, 0.2) is 65.8 Å². The molecule has 0 spiro atoms. The average molecular weight is 520 g/mol. The SMILES string of the molecule is COc1ccc(OCCCCN2CCC(N(C)S(=O)(=O)c3cccc4cnccc34)CC2)cc1.Cl. The number of nitrogens with zero attached hydrogens (tertiary/aromatic N) is 3. The number of hydrogen-bond acceptors (Lipinski definition) is 6. The first-order chi connectivity index (χ1) is 16.5. The first-order valence-electron chi connectivity index (χ1n) is 11.8. The van der Waals surface area contributed by atoms with Crippen molar-refractivity contribution in [3.8, 4) is 11.5 Å². The van der Waals surface area contributed by atoms with E-state index in [4.69, 9.17) is 9.47 Å². The summed E-state index contributed by atoms with van der Waals surface area (Å²) in [4.78, 5) is 6.89. The second-order valence-electron chi connectivity index (χ2n) is 8.68. The number of fused-ring (bicyclic) bond motifs is 1. The third kappa shape index (κ3) is 6.64. The molecule has 1 aliphatic heterocycles. The van der Waals surface area contributed by atoms with Crippen molar-refractivity contribution < 1.29 is 17.9 Å². The van der Waals surface area contributed by atoms with Crippen LogP contribution in [-0.2, 0) is 10.0 Å². The molecule has 0 bridgehead atoms. The van der Waals surface area contributed by atoms with Gasteiger partial charge in [0.2, 0.25) is 10.0 Å². The highest BCUT2D eigenvalue weighted by Gasteiger charge is 2.31. The summed E-state index contributed by atoms with van der Waals surface area (Å²) in [7, 11) is -0.209. The number of ether oxygens (including phenoxy) is 2. The van der Waals surface area contributed by atoms with Gasteiger partial charge in [0.05, 0.1) is 18.6 Å². The second kappa shape index (κ2) is 12.5. The van der Waals surface area contributed by atoms with Gasteiger partial charge in [-0.3, -0.25) is 4.98 Å². The van der Waals surface area contributed by atoms with Gasteiger partial charge in [-0.05, 0) is 81.7 Å². The monoisotopic (exact) mass is 519 g/mol. The standard InChI is InChI=1S/C26H33N3O4S.ClH/c1-28(34(30,31)26-7-5-6-21-20-27-15-12-25(21)26)22-13-17-29(18-14-22)16-3-4-19-33-24-10-8-23(32-2)9-11-24;/h5-12,15,20,22H,3-4,13-14,16-19H2,1-2H3;1H. The van der Waals surface area contributed by atoms with Crippen molar-refractivity contribution in [3.05, 3.63) is 60.9 Å². The Morgan fingerprint density at radius 3 is 2.46 bits per heavy atom. The third-order valence-electron chi connectivity index (χ3n) is 6.57. The average Bonchev–Trinajstić information content (AvgIpc) is 2.88. The van der Waals surface area contributed by atoms with Crippen LogP contribution in [0.2, 0.25) is 0 Å². The van der Waals surface area contributed by atoms with Crippen LogP contribution in [0.1, 0.15) is 25.7 Å². The first-order valence-corrected chi connectivity index (χ1v) is 13.2. The van der Waals surface area contributed by atoms with E-state index >= 15 is 0 Å². The Hall–Kier alpha value is -2.39. The lowest BCUT2D eigenvalue weighted by Crippen LogP contribution is -2.45. The zero-order chi connectivity index (χ0) is 24.0. The molecule has 1 aromatic heterocycles. The summed E-state index contributed by atoms with van der Waals surface area (Å²) in [6.07, 6.45) is 7.06. The van der Waals surface area contributed by atoms with Crippen molar-refractivity contribution in [1.29, 1.82) is 0 Å². The molecule has 9 heteroatoms. The Balaban J connectivity index is 0.00000342. The number of unbranched alkanes of at least 4 members (excludes halogenated alkanes) is 1. The van der Waals surface area contributed by atoms with Crippen LogP contribution in [-0.4, -0.2) is 69.0 Å². The highest BCUT2D eigenvalue weighted by Crippen LogP contribution is 2.28. The van der Waals surface area contributed by atoms with E-state index in [0.717, 1.165) is 67.6 Å². The Morgan fingerprint density at radius 1 is 1.03 bits per heavy atom. The molecule has 2 heterocycles. The number of methoxy groups -OCH3 is 1. The van der Waals surface area contributed by atoms with Crippen molar-refractivity contribution in [1.82, 2.24) is 14.2 Å². The number of pyridine rings is 1. The zero-order valence-corrected chi connectivity index (χ0v) is 21.9. The fourth-order valence-corrected chi connectivity index (χ4v) is 6.10. The fourth-order valence-electron chi connectivity index (χ4n) is 4.48. The van der Waals surface area contributed by atoms with E-state index in [1.807, 2.05) is 30.3 Å². The van der Waals surface area contributed by atoms with Crippen LogP contribution >= 0.6 is 12.4 Å². The highest BCUT2D eigenvalue weighted by molar-refractivity contribution is 7.89. The summed E-state index contributed by atoms with van der Waals surface area (Å²) in [5.41, 5.74) is 0. The minimum Gasteiger partial charge on any atom is -0.497 e. The fraction of sp³-hybridized carbons (Fsp3) is 0.423. The summed E-state index contributed by atoms with van der Waals surface area (Å²) >= 11 is 0. The molecule has 3 aromatic rings. The number of aromatic nitrogens is 1. The van der Waals surface area contributed by atoms with Crippen LogP contribution in [0, 0.1) is 0 Å². The molecule has 1 saturated heterocycles. The van der Waals surface area contributed by atoms with Crippen molar-refractivity contribution in [3.63, 3.8) is 0 Å². The van der Waals surface area contributed by atoms with Crippen molar-refractivity contribution >= 4 is 33.2 Å². The van der Waals surface area contributed by atoms with E-state index < -0.39 is 10.0 Å². The van der Waals surface area contributed by atoms with E-state index in [0.29, 0.717) is 11.5 Å². The van der Waals surface area contributed by atoms with Gasteiger partial charge < -0.3 is 14.4 Å². The van der Waals surface area contributed by atoms with Crippen LogP contribution in [0.4, 0.5) is 0 Å². The molecule has 2 aromatic carbocycles. The maximum atomic E-state index is 13.4. The maximum Gasteiger partial charge on any atom is 0.243 e. The lowest BCUT2D eigenvalue weighted by Gasteiger charge is -2.36. The number of piperidine rings is 1. The molecule has 190 valence electrons. The number of sulfonamides is 1. The molecular weight excluding hydrogens is 486 g/mol. The molecular formula is C26H34ClN3O4S. The van der Waals surface area contributed by atoms with Crippen molar-refractivity contribution in [2.75, 3.05) is 40.4 Å². The molecule has 0 N–H and O–H groups in total. The number of halogens is 1. The van der Waals surface area contributed by atoms with Gasteiger partial charge in [-0.1, -0.05) is 12.1 Å². The molecule has 0 radical (unpaired) electrons. The van der Waals surface area contributed by atoms with Gasteiger partial charge >= 0.3 is 0 Å². The van der Waals surface area contributed by atoms with Crippen LogP contribution < -0.4 is 9.47 Å². The number of likely N-dealkylation sites (tertiary alicyclic amines) is 1. The Labute approximate surface area is 214 Å². The normalized spacial score (nSPS) is 15.2. The van der Waals surface area contributed by atoms with E-state index in [1.54, 1.807) is 49.1 Å². The topological polar surface area (TPSA) is 72.0 Å². The molecule has 0 amide bonds. The number of hydrogen-bond donors (Lipinski definition) is 0. The highest BCUT2D eigenvalue weighted by atomic mass is 35.5. The van der Waals surface area contributed by atoms with Gasteiger partial charge in [0.15, 0.2) is 0 Å². The Bertz CT molecular complexity index is 1180. The molecule has 1 fully saturated rings. The molecule has 0 unspecified atom stereocenters. The van der Waals surface area contributed by atoms with Crippen LogP contribution in [0.25, 0.3) is 10.8 Å². The largest absolute Gasteiger partial charge is 0.497 e. The zero-order valence-electron chi connectivity index (χ0n) is 20.3. The quantitative estimate of drug-likeness (QED) is 0.364. The minimum absolute atomic E-state index is 0. The number of rotatable bonds is 10. The first kappa shape index (κ1) is 27.2. The minimum atomic E-state index is -3.58. The smallest absolute Gasteiger partial charge is 0.243 e. The summed E-state index contributed by atoms with van der Waals surface area (Å²) in [6.45, 7) is 3.50. The van der Waals surface area contributed by atoms with E-state index in [-0.39, 0.29) is 18.4 Å². The van der Waals surface area contributed by atoms with Gasteiger partial charge in [0, 0.05) is 36.3 Å². The Morgan fingerprint density at radius 2 is 1.74 bits per heavy atom. The predicted octanol–water partition coefficient (Wildman–Crippen LogP) is 4.61.